The van der Waals surface area contributed by atoms with Crippen LogP contribution in [0.1, 0.15) is 25.0 Å². The first-order chi connectivity index (χ1) is 9.02. The van der Waals surface area contributed by atoms with Crippen molar-refractivity contribution in [2.75, 3.05) is 13.7 Å². The van der Waals surface area contributed by atoms with Crippen LogP contribution >= 0.6 is 0 Å². The summed E-state index contributed by atoms with van der Waals surface area (Å²) in [6.07, 6.45) is 2.68. The van der Waals surface area contributed by atoms with Crippen LogP contribution in [0.25, 0.3) is 6.08 Å². The van der Waals surface area contributed by atoms with E-state index >= 15 is 0 Å². The van der Waals surface area contributed by atoms with Crippen LogP contribution in [0.3, 0.4) is 0 Å². The lowest BCUT2D eigenvalue weighted by molar-refractivity contribution is -0.131. The minimum absolute atomic E-state index is 0.439. The molecule has 0 bridgehead atoms. The van der Waals surface area contributed by atoms with E-state index < -0.39 is 5.97 Å². The summed E-state index contributed by atoms with van der Waals surface area (Å²) in [5, 5.41) is 8.67. The highest BCUT2D eigenvalue weighted by Gasteiger charge is 2.04. The topological polar surface area (TPSA) is 55.8 Å². The van der Waals surface area contributed by atoms with Gasteiger partial charge in [0.1, 0.15) is 5.75 Å². The first-order valence-corrected chi connectivity index (χ1v) is 6.18. The van der Waals surface area contributed by atoms with E-state index in [0.717, 1.165) is 23.0 Å². The van der Waals surface area contributed by atoms with Gasteiger partial charge in [-0.3, -0.25) is 0 Å². The molecule has 1 aromatic carbocycles. The van der Waals surface area contributed by atoms with E-state index in [2.05, 4.69) is 13.8 Å². The Kier molecular flexibility index (Phi) is 6.09. The van der Waals surface area contributed by atoms with Gasteiger partial charge >= 0.3 is 5.97 Å². The number of methoxy groups -OCH3 is 1. The largest absolute Gasteiger partial charge is 0.497 e. The monoisotopic (exact) mass is 264 g/mol. The first-order valence-electron chi connectivity index (χ1n) is 6.18. The molecule has 1 N–H and O–H groups in total. The number of benzene rings is 1. The van der Waals surface area contributed by atoms with E-state index in [1.165, 1.54) is 0 Å². The molecule has 0 aliphatic rings. The third-order valence-corrected chi connectivity index (χ3v) is 2.46. The average Bonchev–Trinajstić information content (AvgIpc) is 2.36. The van der Waals surface area contributed by atoms with E-state index in [-0.39, 0.29) is 0 Å². The van der Waals surface area contributed by atoms with Crippen molar-refractivity contribution in [3.05, 3.63) is 35.4 Å². The molecule has 4 nitrogen and oxygen atoms in total. The lowest BCUT2D eigenvalue weighted by Gasteiger charge is -2.11. The van der Waals surface area contributed by atoms with Crippen molar-refractivity contribution < 1.29 is 19.4 Å². The zero-order valence-electron chi connectivity index (χ0n) is 11.6. The zero-order chi connectivity index (χ0) is 14.3. The summed E-state index contributed by atoms with van der Waals surface area (Å²) < 4.78 is 10.8. The second-order valence-electron chi connectivity index (χ2n) is 4.65. The highest BCUT2D eigenvalue weighted by molar-refractivity contribution is 5.85. The molecule has 0 aliphatic carbocycles. The molecule has 0 saturated heterocycles. The minimum Gasteiger partial charge on any atom is -0.497 e. The fourth-order valence-corrected chi connectivity index (χ4v) is 1.56. The van der Waals surface area contributed by atoms with Crippen LogP contribution in [0.5, 0.6) is 5.75 Å². The van der Waals surface area contributed by atoms with Gasteiger partial charge in [-0.2, -0.15) is 0 Å². The fourth-order valence-electron chi connectivity index (χ4n) is 1.56. The molecule has 19 heavy (non-hydrogen) atoms. The number of rotatable bonds is 7. The van der Waals surface area contributed by atoms with E-state index in [9.17, 15) is 4.79 Å². The van der Waals surface area contributed by atoms with Crippen molar-refractivity contribution >= 4 is 12.0 Å². The van der Waals surface area contributed by atoms with Gasteiger partial charge in [0.15, 0.2) is 0 Å². The number of aliphatic carboxylic acids is 1. The highest BCUT2D eigenvalue weighted by Crippen LogP contribution is 2.20. The standard InChI is InChI=1S/C15H20O4/c1-11(2)9-19-10-13-8-14(18-3)6-4-12(13)5-7-15(16)17/h4-8,11H,9-10H2,1-3H3,(H,16,17). The quantitative estimate of drug-likeness (QED) is 0.769. The SMILES string of the molecule is COc1ccc(C=CC(=O)O)c(COCC(C)C)c1. The Balaban J connectivity index is 2.86. The Morgan fingerprint density at radius 1 is 1.42 bits per heavy atom. The Morgan fingerprint density at radius 3 is 2.74 bits per heavy atom. The fraction of sp³-hybridized carbons (Fsp3) is 0.400. The van der Waals surface area contributed by atoms with Gasteiger partial charge in [-0.1, -0.05) is 19.9 Å². The molecular formula is C15H20O4. The van der Waals surface area contributed by atoms with Crippen LogP contribution in [-0.2, 0) is 16.1 Å². The van der Waals surface area contributed by atoms with Gasteiger partial charge in [0.25, 0.3) is 0 Å². The number of carboxylic acid groups (broad SMARTS) is 1. The summed E-state index contributed by atoms with van der Waals surface area (Å²) in [6, 6.07) is 5.49. The summed E-state index contributed by atoms with van der Waals surface area (Å²) in [6.45, 7) is 5.27. The molecule has 0 unspecified atom stereocenters. The lowest BCUT2D eigenvalue weighted by Crippen LogP contribution is -2.03. The lowest BCUT2D eigenvalue weighted by atomic mass is 10.1. The predicted octanol–water partition coefficient (Wildman–Crippen LogP) is 2.97. The molecule has 0 fully saturated rings. The Hall–Kier alpha value is -1.81. The number of carbonyl (C=O) groups is 1. The summed E-state index contributed by atoms with van der Waals surface area (Å²) in [4.78, 5) is 10.6. The van der Waals surface area contributed by atoms with Crippen molar-refractivity contribution in [2.45, 2.75) is 20.5 Å². The van der Waals surface area contributed by atoms with Crippen LogP contribution in [0.15, 0.2) is 24.3 Å². The smallest absolute Gasteiger partial charge is 0.328 e. The zero-order valence-corrected chi connectivity index (χ0v) is 11.6. The van der Waals surface area contributed by atoms with Crippen LogP contribution in [0.2, 0.25) is 0 Å². The summed E-state index contributed by atoms with van der Waals surface area (Å²) >= 11 is 0. The highest BCUT2D eigenvalue weighted by atomic mass is 16.5. The van der Waals surface area contributed by atoms with Gasteiger partial charge in [0.05, 0.1) is 13.7 Å². The van der Waals surface area contributed by atoms with Gasteiger partial charge in [0.2, 0.25) is 0 Å². The number of carboxylic acids is 1. The third-order valence-electron chi connectivity index (χ3n) is 2.46. The van der Waals surface area contributed by atoms with Crippen molar-refractivity contribution in [1.29, 1.82) is 0 Å². The molecule has 0 spiro atoms. The summed E-state index contributed by atoms with van der Waals surface area (Å²) in [5.41, 5.74) is 1.74. The molecular weight excluding hydrogens is 244 g/mol. The second kappa shape index (κ2) is 7.59. The molecule has 1 rings (SSSR count). The van der Waals surface area contributed by atoms with E-state index in [4.69, 9.17) is 14.6 Å². The van der Waals surface area contributed by atoms with E-state index in [1.54, 1.807) is 19.3 Å². The van der Waals surface area contributed by atoms with E-state index in [0.29, 0.717) is 19.1 Å². The molecule has 0 radical (unpaired) electrons. The Bertz CT molecular complexity index is 449. The van der Waals surface area contributed by atoms with Gasteiger partial charge in [0, 0.05) is 12.7 Å². The van der Waals surface area contributed by atoms with Crippen LogP contribution < -0.4 is 4.74 Å². The Morgan fingerprint density at radius 2 is 2.16 bits per heavy atom. The predicted molar refractivity (Wildman–Crippen MR) is 74.2 cm³/mol. The average molecular weight is 264 g/mol. The Labute approximate surface area is 113 Å². The molecule has 0 atom stereocenters. The van der Waals surface area contributed by atoms with Gasteiger partial charge in [-0.05, 0) is 35.3 Å². The van der Waals surface area contributed by atoms with Crippen molar-refractivity contribution in [3.8, 4) is 5.75 Å². The maximum Gasteiger partial charge on any atom is 0.328 e. The maximum atomic E-state index is 10.6. The minimum atomic E-state index is -0.968. The molecule has 0 aromatic heterocycles. The number of ether oxygens (including phenoxy) is 2. The molecule has 1 aromatic rings. The van der Waals surface area contributed by atoms with Gasteiger partial charge in [-0.15, -0.1) is 0 Å². The van der Waals surface area contributed by atoms with Gasteiger partial charge < -0.3 is 14.6 Å². The van der Waals surface area contributed by atoms with Crippen molar-refractivity contribution in [2.24, 2.45) is 5.92 Å². The number of hydrogen-bond donors (Lipinski definition) is 1. The summed E-state index contributed by atoms with van der Waals surface area (Å²) in [5.74, 6) is 0.226. The summed E-state index contributed by atoms with van der Waals surface area (Å²) in [7, 11) is 1.60. The van der Waals surface area contributed by atoms with Crippen LogP contribution in [0.4, 0.5) is 0 Å². The molecule has 104 valence electrons. The number of hydrogen-bond acceptors (Lipinski definition) is 3. The van der Waals surface area contributed by atoms with Crippen molar-refractivity contribution in [1.82, 2.24) is 0 Å². The van der Waals surface area contributed by atoms with E-state index in [1.807, 2.05) is 12.1 Å². The van der Waals surface area contributed by atoms with Crippen LogP contribution in [0, 0.1) is 5.92 Å². The normalized spacial score (nSPS) is 11.2. The molecule has 0 saturated carbocycles. The molecule has 0 amide bonds. The van der Waals surface area contributed by atoms with Gasteiger partial charge in [-0.25, -0.2) is 4.79 Å². The molecule has 4 heteroatoms. The first kappa shape index (κ1) is 15.2. The second-order valence-corrected chi connectivity index (χ2v) is 4.65. The van der Waals surface area contributed by atoms with Crippen molar-refractivity contribution in [3.63, 3.8) is 0 Å². The molecule has 0 heterocycles. The molecule has 0 aliphatic heterocycles. The van der Waals surface area contributed by atoms with Crippen LogP contribution in [-0.4, -0.2) is 24.8 Å². The third kappa shape index (κ3) is 5.57. The maximum absolute atomic E-state index is 10.6.